The van der Waals surface area contributed by atoms with Crippen LogP contribution in [0, 0.1) is 5.92 Å². The van der Waals surface area contributed by atoms with Gasteiger partial charge in [0.15, 0.2) is 0 Å². The Labute approximate surface area is 185 Å². The molecule has 1 aromatic rings. The molecule has 1 aromatic heterocycles. The summed E-state index contributed by atoms with van der Waals surface area (Å²) in [5.74, 6) is -2.03. The van der Waals surface area contributed by atoms with Crippen molar-refractivity contribution in [2.45, 2.75) is 58.0 Å². The number of hydrogen-bond acceptors (Lipinski definition) is 7. The molecule has 10 nitrogen and oxygen atoms in total. The van der Waals surface area contributed by atoms with Gasteiger partial charge in [0.25, 0.3) is 11.8 Å². The number of piperidine rings is 2. The number of nitrogens with zero attached hydrogens (tertiary/aromatic N) is 2. The van der Waals surface area contributed by atoms with Gasteiger partial charge >= 0.3 is 6.09 Å². The summed E-state index contributed by atoms with van der Waals surface area (Å²) in [6.45, 7) is 7.22. The summed E-state index contributed by atoms with van der Waals surface area (Å²) < 4.78 is 5.41. The number of amides is 4. The van der Waals surface area contributed by atoms with Crippen LogP contribution in [0.15, 0.2) is 5.38 Å². The molecule has 31 heavy (non-hydrogen) atoms. The van der Waals surface area contributed by atoms with E-state index in [-0.39, 0.29) is 23.6 Å². The van der Waals surface area contributed by atoms with E-state index >= 15 is 0 Å². The van der Waals surface area contributed by atoms with E-state index in [4.69, 9.17) is 4.74 Å². The number of likely N-dealkylation sites (tertiary alicyclic amines) is 1. The monoisotopic (exact) mass is 451 g/mol. The zero-order chi connectivity index (χ0) is 22.6. The quantitative estimate of drug-likeness (QED) is 0.472. The van der Waals surface area contributed by atoms with Gasteiger partial charge < -0.3 is 15.0 Å². The van der Waals surface area contributed by atoms with Gasteiger partial charge in [-0.15, -0.1) is 11.3 Å². The Balaban J connectivity index is 1.48. The van der Waals surface area contributed by atoms with Gasteiger partial charge in [0, 0.05) is 30.9 Å². The van der Waals surface area contributed by atoms with Crippen molar-refractivity contribution in [3.8, 4) is 0 Å². The first-order chi connectivity index (χ1) is 14.6. The maximum Gasteiger partial charge on any atom is 0.410 e. The van der Waals surface area contributed by atoms with Crippen LogP contribution in [0.25, 0.3) is 0 Å². The molecule has 4 amide bonds. The van der Waals surface area contributed by atoms with Gasteiger partial charge in [-0.2, -0.15) is 0 Å². The molecule has 1 unspecified atom stereocenters. The van der Waals surface area contributed by atoms with E-state index < -0.39 is 23.3 Å². The molecule has 0 bridgehead atoms. The second-order valence-electron chi connectivity index (χ2n) is 8.74. The fraction of sp³-hybridized carbons (Fsp3) is 0.650. The SMILES string of the molecule is CC(C)(C)OC(=O)N1CCC(c2nc(C(=O)NNC(=O)C3CCCNC3=O)cs2)CC1. The van der Waals surface area contributed by atoms with Gasteiger partial charge in [-0.05, 0) is 46.5 Å². The minimum atomic E-state index is -0.796. The minimum Gasteiger partial charge on any atom is -0.444 e. The molecule has 3 N–H and O–H groups in total. The van der Waals surface area contributed by atoms with E-state index in [2.05, 4.69) is 21.2 Å². The highest BCUT2D eigenvalue weighted by molar-refractivity contribution is 7.09. The second kappa shape index (κ2) is 9.63. The van der Waals surface area contributed by atoms with Crippen LogP contribution in [0.3, 0.4) is 0 Å². The van der Waals surface area contributed by atoms with Gasteiger partial charge in [0.1, 0.15) is 17.2 Å². The molecule has 0 radical (unpaired) electrons. The molecule has 170 valence electrons. The Morgan fingerprint density at radius 3 is 2.55 bits per heavy atom. The lowest BCUT2D eigenvalue weighted by Gasteiger charge is -2.32. The van der Waals surface area contributed by atoms with Crippen molar-refractivity contribution in [1.82, 2.24) is 26.1 Å². The van der Waals surface area contributed by atoms with Crippen LogP contribution in [0.1, 0.15) is 67.9 Å². The number of nitrogens with one attached hydrogen (secondary N) is 3. The summed E-state index contributed by atoms with van der Waals surface area (Å²) in [7, 11) is 0. The molecule has 0 aromatic carbocycles. The Kier molecular flexibility index (Phi) is 7.14. The smallest absolute Gasteiger partial charge is 0.410 e. The van der Waals surface area contributed by atoms with Gasteiger partial charge in [0.2, 0.25) is 5.91 Å². The highest BCUT2D eigenvalue weighted by Crippen LogP contribution is 2.30. The Bertz CT molecular complexity index is 841. The van der Waals surface area contributed by atoms with E-state index in [1.54, 1.807) is 10.3 Å². The first kappa shape index (κ1) is 23.0. The van der Waals surface area contributed by atoms with Crippen LogP contribution in [0.4, 0.5) is 4.79 Å². The van der Waals surface area contributed by atoms with Crippen molar-refractivity contribution in [3.05, 3.63) is 16.1 Å². The summed E-state index contributed by atoms with van der Waals surface area (Å²) in [6.07, 6.45) is 2.34. The van der Waals surface area contributed by atoms with Gasteiger partial charge in [-0.1, -0.05) is 0 Å². The second-order valence-corrected chi connectivity index (χ2v) is 9.63. The molecule has 2 fully saturated rings. The van der Waals surface area contributed by atoms with Crippen molar-refractivity contribution >= 4 is 35.2 Å². The third-order valence-corrected chi connectivity index (χ3v) is 6.16. The van der Waals surface area contributed by atoms with Crippen LogP contribution in [-0.2, 0) is 14.3 Å². The molecule has 0 spiro atoms. The van der Waals surface area contributed by atoms with Crippen LogP contribution in [0.5, 0.6) is 0 Å². The van der Waals surface area contributed by atoms with Crippen LogP contribution >= 0.6 is 11.3 Å². The maximum absolute atomic E-state index is 12.3. The molecule has 1 atom stereocenters. The first-order valence-corrected chi connectivity index (χ1v) is 11.3. The molecule has 0 saturated carbocycles. The summed E-state index contributed by atoms with van der Waals surface area (Å²) in [6, 6.07) is 0. The lowest BCUT2D eigenvalue weighted by Crippen LogP contribution is -2.50. The molecular weight excluding hydrogens is 422 g/mol. The minimum absolute atomic E-state index is 0.158. The predicted octanol–water partition coefficient (Wildman–Crippen LogP) is 1.54. The highest BCUT2D eigenvalue weighted by atomic mass is 32.1. The largest absolute Gasteiger partial charge is 0.444 e. The molecule has 2 aliphatic heterocycles. The van der Waals surface area contributed by atoms with Crippen molar-refractivity contribution in [1.29, 1.82) is 0 Å². The molecular formula is C20H29N5O5S. The fourth-order valence-corrected chi connectivity index (χ4v) is 4.48. The summed E-state index contributed by atoms with van der Waals surface area (Å²) >= 11 is 1.38. The van der Waals surface area contributed by atoms with E-state index in [0.717, 1.165) is 24.3 Å². The molecule has 2 aliphatic rings. The molecule has 11 heteroatoms. The Morgan fingerprint density at radius 1 is 1.19 bits per heavy atom. The third-order valence-electron chi connectivity index (χ3n) is 5.15. The Hall–Kier alpha value is -2.69. The number of hydrogen-bond donors (Lipinski definition) is 3. The molecule has 3 heterocycles. The van der Waals surface area contributed by atoms with Crippen LogP contribution in [0.2, 0.25) is 0 Å². The van der Waals surface area contributed by atoms with Crippen LogP contribution in [-0.4, -0.2) is 58.9 Å². The van der Waals surface area contributed by atoms with Gasteiger partial charge in [0.05, 0.1) is 5.01 Å². The van der Waals surface area contributed by atoms with Crippen molar-refractivity contribution in [3.63, 3.8) is 0 Å². The highest BCUT2D eigenvalue weighted by Gasteiger charge is 2.31. The van der Waals surface area contributed by atoms with Gasteiger partial charge in [-0.25, -0.2) is 9.78 Å². The number of carbonyl (C=O) groups is 4. The average Bonchev–Trinajstić information content (AvgIpc) is 3.21. The van der Waals surface area contributed by atoms with E-state index in [9.17, 15) is 19.2 Å². The summed E-state index contributed by atoms with van der Waals surface area (Å²) in [4.78, 5) is 54.5. The van der Waals surface area contributed by atoms with E-state index in [1.165, 1.54) is 11.3 Å². The predicted molar refractivity (Wildman–Crippen MR) is 113 cm³/mol. The zero-order valence-electron chi connectivity index (χ0n) is 18.0. The number of ether oxygens (including phenoxy) is 1. The topological polar surface area (TPSA) is 130 Å². The summed E-state index contributed by atoms with van der Waals surface area (Å²) in [5, 5.41) is 5.11. The standard InChI is InChI=1S/C20H29N5O5S/c1-20(2,3)30-19(29)25-9-6-12(7-10-25)18-22-14(11-31-18)17(28)24-23-16(27)13-5-4-8-21-15(13)26/h11-13H,4-10H2,1-3H3,(H,21,26)(H,23,27)(H,24,28). The fourth-order valence-electron chi connectivity index (χ4n) is 3.51. The summed E-state index contributed by atoms with van der Waals surface area (Å²) in [5.41, 5.74) is 4.33. The lowest BCUT2D eigenvalue weighted by molar-refractivity contribution is -0.137. The molecule has 3 rings (SSSR count). The number of hydrazine groups is 1. The third kappa shape index (κ3) is 6.16. The van der Waals surface area contributed by atoms with Crippen molar-refractivity contribution in [2.75, 3.05) is 19.6 Å². The number of thiazole rings is 1. The maximum atomic E-state index is 12.3. The zero-order valence-corrected chi connectivity index (χ0v) is 18.8. The van der Waals surface area contributed by atoms with Crippen molar-refractivity contribution < 1.29 is 23.9 Å². The van der Waals surface area contributed by atoms with E-state index in [0.29, 0.717) is 26.1 Å². The lowest BCUT2D eigenvalue weighted by atomic mass is 9.98. The first-order valence-electron chi connectivity index (χ1n) is 10.5. The Morgan fingerprint density at radius 2 is 1.90 bits per heavy atom. The number of aromatic nitrogens is 1. The van der Waals surface area contributed by atoms with E-state index in [1.807, 2.05) is 20.8 Å². The van der Waals surface area contributed by atoms with Gasteiger partial charge in [-0.3, -0.25) is 25.2 Å². The number of rotatable bonds is 3. The number of carbonyl (C=O) groups excluding carboxylic acids is 4. The molecule has 0 aliphatic carbocycles. The normalized spacial score (nSPS) is 20.0. The van der Waals surface area contributed by atoms with Crippen molar-refractivity contribution in [2.24, 2.45) is 5.92 Å². The van der Waals surface area contributed by atoms with Crippen LogP contribution < -0.4 is 16.2 Å². The molecule has 2 saturated heterocycles. The average molecular weight is 452 g/mol.